The van der Waals surface area contributed by atoms with Crippen molar-refractivity contribution in [3.05, 3.63) is 29.6 Å². The summed E-state index contributed by atoms with van der Waals surface area (Å²) in [5, 5.41) is 12.9. The lowest BCUT2D eigenvalue weighted by molar-refractivity contribution is 0.198. The lowest BCUT2D eigenvalue weighted by atomic mass is 10.1. The molecule has 1 saturated heterocycles. The normalized spacial score (nSPS) is 20.8. The number of hydrogen-bond donors (Lipinski definition) is 2. The second-order valence-corrected chi connectivity index (χ2v) is 5.28. The highest BCUT2D eigenvalue weighted by atomic mass is 19.1. The molecule has 1 aromatic rings. The smallest absolute Gasteiger partial charge is 0.146 e. The molecule has 1 aliphatic rings. The first kappa shape index (κ1) is 14.3. The van der Waals surface area contributed by atoms with Gasteiger partial charge in [-0.05, 0) is 44.0 Å². The fourth-order valence-corrected chi connectivity index (χ4v) is 2.49. The zero-order chi connectivity index (χ0) is 13.8. The number of rotatable bonds is 5. The molecule has 0 saturated carbocycles. The van der Waals surface area contributed by atoms with Crippen molar-refractivity contribution in [1.29, 1.82) is 0 Å². The van der Waals surface area contributed by atoms with Crippen molar-refractivity contribution in [2.75, 3.05) is 24.5 Å². The number of β-amino-alcohol motifs (C(OH)–C–C–N with tert-alkyl or cyclic N) is 1. The van der Waals surface area contributed by atoms with E-state index in [1.165, 1.54) is 0 Å². The van der Waals surface area contributed by atoms with E-state index in [-0.39, 0.29) is 18.0 Å². The number of aliphatic hydroxyl groups excluding tert-OH is 1. The van der Waals surface area contributed by atoms with Gasteiger partial charge in [0.1, 0.15) is 5.82 Å². The standard InChI is InChI=1S/C15H23FN2O/c1-3-7-17-11(2)12-4-5-15(14(16)9-12)18-8-6-13(19)10-18/h4-5,9,11,13,17,19H,3,6-8,10H2,1-2H3. The first-order chi connectivity index (χ1) is 9.11. The Hall–Kier alpha value is -1.13. The van der Waals surface area contributed by atoms with Gasteiger partial charge in [0.15, 0.2) is 0 Å². The van der Waals surface area contributed by atoms with Crippen LogP contribution in [0.5, 0.6) is 0 Å². The van der Waals surface area contributed by atoms with E-state index in [0.717, 1.165) is 31.5 Å². The molecule has 1 fully saturated rings. The zero-order valence-electron chi connectivity index (χ0n) is 11.7. The molecule has 106 valence electrons. The first-order valence-corrected chi connectivity index (χ1v) is 7.07. The van der Waals surface area contributed by atoms with Crippen LogP contribution in [0, 0.1) is 5.82 Å². The van der Waals surface area contributed by atoms with Crippen LogP contribution in [0.2, 0.25) is 0 Å². The highest BCUT2D eigenvalue weighted by molar-refractivity contribution is 5.50. The van der Waals surface area contributed by atoms with Crippen LogP contribution in [0.3, 0.4) is 0 Å². The summed E-state index contributed by atoms with van der Waals surface area (Å²) in [4.78, 5) is 1.91. The Balaban J connectivity index is 2.08. The van der Waals surface area contributed by atoms with Gasteiger partial charge in [0.05, 0.1) is 11.8 Å². The summed E-state index contributed by atoms with van der Waals surface area (Å²) in [5.41, 5.74) is 1.57. The molecule has 2 unspecified atom stereocenters. The zero-order valence-corrected chi connectivity index (χ0v) is 11.7. The maximum atomic E-state index is 14.2. The van der Waals surface area contributed by atoms with Crippen molar-refractivity contribution in [2.24, 2.45) is 0 Å². The SMILES string of the molecule is CCCNC(C)c1ccc(N2CCC(O)C2)c(F)c1. The lowest BCUT2D eigenvalue weighted by Gasteiger charge is -2.20. The van der Waals surface area contributed by atoms with E-state index >= 15 is 0 Å². The Labute approximate surface area is 114 Å². The van der Waals surface area contributed by atoms with Crippen molar-refractivity contribution in [3.63, 3.8) is 0 Å². The summed E-state index contributed by atoms with van der Waals surface area (Å²) >= 11 is 0. The van der Waals surface area contributed by atoms with Gasteiger partial charge in [-0.25, -0.2) is 4.39 Å². The minimum atomic E-state index is -0.329. The quantitative estimate of drug-likeness (QED) is 0.859. The fraction of sp³-hybridized carbons (Fsp3) is 0.600. The van der Waals surface area contributed by atoms with Crippen molar-refractivity contribution in [1.82, 2.24) is 5.32 Å². The third-order valence-corrected chi connectivity index (χ3v) is 3.68. The van der Waals surface area contributed by atoms with Gasteiger partial charge in [-0.2, -0.15) is 0 Å². The van der Waals surface area contributed by atoms with Gasteiger partial charge >= 0.3 is 0 Å². The second kappa shape index (κ2) is 6.35. The summed E-state index contributed by atoms with van der Waals surface area (Å²) in [6.07, 6.45) is 1.45. The first-order valence-electron chi connectivity index (χ1n) is 7.07. The third-order valence-electron chi connectivity index (χ3n) is 3.68. The number of anilines is 1. The van der Waals surface area contributed by atoms with Crippen molar-refractivity contribution >= 4 is 5.69 Å². The largest absolute Gasteiger partial charge is 0.391 e. The van der Waals surface area contributed by atoms with Crippen LogP contribution in [0.15, 0.2) is 18.2 Å². The van der Waals surface area contributed by atoms with Crippen LogP contribution in [-0.2, 0) is 0 Å². The van der Waals surface area contributed by atoms with Crippen molar-refractivity contribution < 1.29 is 9.50 Å². The average molecular weight is 266 g/mol. The molecule has 1 aromatic carbocycles. The fourth-order valence-electron chi connectivity index (χ4n) is 2.49. The van der Waals surface area contributed by atoms with Crippen LogP contribution in [0.4, 0.5) is 10.1 Å². The van der Waals surface area contributed by atoms with Crippen molar-refractivity contribution in [2.45, 2.75) is 38.8 Å². The minimum absolute atomic E-state index is 0.160. The summed E-state index contributed by atoms with van der Waals surface area (Å²) in [6.45, 7) is 6.34. The van der Waals surface area contributed by atoms with Gasteiger partial charge in [0.2, 0.25) is 0 Å². The monoisotopic (exact) mass is 266 g/mol. The van der Waals surface area contributed by atoms with E-state index in [9.17, 15) is 9.50 Å². The molecule has 0 amide bonds. The highest BCUT2D eigenvalue weighted by Crippen LogP contribution is 2.26. The number of hydrogen-bond acceptors (Lipinski definition) is 3. The van der Waals surface area contributed by atoms with Gasteiger partial charge in [-0.1, -0.05) is 13.0 Å². The van der Waals surface area contributed by atoms with Crippen LogP contribution < -0.4 is 10.2 Å². The number of nitrogens with one attached hydrogen (secondary N) is 1. The molecule has 4 heteroatoms. The summed E-state index contributed by atoms with van der Waals surface area (Å²) < 4.78 is 14.2. The second-order valence-electron chi connectivity index (χ2n) is 5.28. The summed E-state index contributed by atoms with van der Waals surface area (Å²) in [7, 11) is 0. The molecule has 2 N–H and O–H groups in total. The number of aliphatic hydroxyl groups is 1. The molecule has 0 radical (unpaired) electrons. The number of benzene rings is 1. The molecular formula is C15H23FN2O. The molecule has 1 aliphatic heterocycles. The molecule has 1 heterocycles. The minimum Gasteiger partial charge on any atom is -0.391 e. The van der Waals surface area contributed by atoms with Gasteiger partial charge < -0.3 is 15.3 Å². The molecule has 0 aromatic heterocycles. The molecule has 0 spiro atoms. The van der Waals surface area contributed by atoms with Gasteiger partial charge in [0.25, 0.3) is 0 Å². The molecule has 0 bridgehead atoms. The van der Waals surface area contributed by atoms with Crippen molar-refractivity contribution in [3.8, 4) is 0 Å². The third kappa shape index (κ3) is 3.45. The Morgan fingerprint density at radius 3 is 2.89 bits per heavy atom. The predicted octanol–water partition coefficient (Wildman–Crippen LogP) is 2.46. The highest BCUT2D eigenvalue weighted by Gasteiger charge is 2.22. The Kier molecular flexibility index (Phi) is 4.77. The molecule has 0 aliphatic carbocycles. The van der Waals surface area contributed by atoms with Crippen LogP contribution in [-0.4, -0.2) is 30.8 Å². The van der Waals surface area contributed by atoms with E-state index in [1.54, 1.807) is 6.07 Å². The van der Waals surface area contributed by atoms with Crippen LogP contribution in [0.1, 0.15) is 38.3 Å². The summed E-state index contributed by atoms with van der Waals surface area (Å²) in [6, 6.07) is 5.56. The molecule has 2 rings (SSSR count). The number of halogens is 1. The molecule has 2 atom stereocenters. The average Bonchev–Trinajstić information content (AvgIpc) is 2.82. The van der Waals surface area contributed by atoms with E-state index in [1.807, 2.05) is 24.0 Å². The molecule has 3 nitrogen and oxygen atoms in total. The van der Waals surface area contributed by atoms with Gasteiger partial charge in [-0.3, -0.25) is 0 Å². The van der Waals surface area contributed by atoms with Gasteiger partial charge in [0, 0.05) is 19.1 Å². The maximum Gasteiger partial charge on any atom is 0.146 e. The van der Waals surface area contributed by atoms with E-state index < -0.39 is 0 Å². The maximum absolute atomic E-state index is 14.2. The van der Waals surface area contributed by atoms with Crippen LogP contribution >= 0.6 is 0 Å². The van der Waals surface area contributed by atoms with E-state index in [2.05, 4.69) is 12.2 Å². The molecule has 19 heavy (non-hydrogen) atoms. The Bertz CT molecular complexity index is 425. The Morgan fingerprint density at radius 2 is 2.32 bits per heavy atom. The molecular weight excluding hydrogens is 243 g/mol. The topological polar surface area (TPSA) is 35.5 Å². The van der Waals surface area contributed by atoms with E-state index in [4.69, 9.17) is 0 Å². The Morgan fingerprint density at radius 1 is 1.53 bits per heavy atom. The van der Waals surface area contributed by atoms with E-state index in [0.29, 0.717) is 12.2 Å². The predicted molar refractivity (Wildman–Crippen MR) is 75.9 cm³/mol. The van der Waals surface area contributed by atoms with Gasteiger partial charge in [-0.15, -0.1) is 0 Å². The number of nitrogens with zero attached hydrogens (tertiary/aromatic N) is 1. The lowest BCUT2D eigenvalue weighted by Crippen LogP contribution is -2.23. The van der Waals surface area contributed by atoms with Crippen LogP contribution in [0.25, 0.3) is 0 Å². The summed E-state index contributed by atoms with van der Waals surface area (Å²) in [5.74, 6) is -0.197.